The molecule has 0 radical (unpaired) electrons. The molecule has 0 heterocycles. The van der Waals surface area contributed by atoms with Gasteiger partial charge >= 0.3 is 0 Å². The summed E-state index contributed by atoms with van der Waals surface area (Å²) in [6.45, 7) is 3.04. The van der Waals surface area contributed by atoms with Crippen molar-refractivity contribution in [2.45, 2.75) is 32.3 Å². The Kier molecular flexibility index (Phi) is 6.07. The SMILES string of the molecule is COc1ccc(OC(C)CNC(=O)[C@@H]2CCC[C@@H]2CN)cc1. The van der Waals surface area contributed by atoms with Crippen molar-refractivity contribution < 1.29 is 14.3 Å². The van der Waals surface area contributed by atoms with Crippen LogP contribution in [0.2, 0.25) is 0 Å². The van der Waals surface area contributed by atoms with E-state index in [1.54, 1.807) is 7.11 Å². The van der Waals surface area contributed by atoms with Crippen LogP contribution in [0.15, 0.2) is 24.3 Å². The van der Waals surface area contributed by atoms with Crippen molar-refractivity contribution in [3.8, 4) is 11.5 Å². The Morgan fingerprint density at radius 2 is 2.00 bits per heavy atom. The molecule has 0 saturated heterocycles. The van der Waals surface area contributed by atoms with E-state index in [4.69, 9.17) is 15.2 Å². The average Bonchev–Trinajstić information content (AvgIpc) is 3.02. The first kappa shape index (κ1) is 16.6. The molecule has 1 aliphatic carbocycles. The van der Waals surface area contributed by atoms with Gasteiger partial charge in [-0.05, 0) is 56.5 Å². The minimum absolute atomic E-state index is 0.0678. The quantitative estimate of drug-likeness (QED) is 0.807. The number of rotatable bonds is 7. The summed E-state index contributed by atoms with van der Waals surface area (Å²) in [4.78, 5) is 12.2. The van der Waals surface area contributed by atoms with Gasteiger partial charge in [0, 0.05) is 5.92 Å². The van der Waals surface area contributed by atoms with Crippen molar-refractivity contribution in [3.63, 3.8) is 0 Å². The smallest absolute Gasteiger partial charge is 0.223 e. The fourth-order valence-corrected chi connectivity index (χ4v) is 2.97. The highest BCUT2D eigenvalue weighted by molar-refractivity contribution is 5.79. The lowest BCUT2D eigenvalue weighted by molar-refractivity contribution is -0.126. The number of carbonyl (C=O) groups is 1. The summed E-state index contributed by atoms with van der Waals surface area (Å²) in [5.74, 6) is 2.07. The highest BCUT2D eigenvalue weighted by Crippen LogP contribution is 2.30. The molecule has 0 spiro atoms. The fourth-order valence-electron chi connectivity index (χ4n) is 2.97. The van der Waals surface area contributed by atoms with Crippen LogP contribution in [0, 0.1) is 11.8 Å². The predicted molar refractivity (Wildman–Crippen MR) is 86.0 cm³/mol. The van der Waals surface area contributed by atoms with E-state index < -0.39 is 0 Å². The van der Waals surface area contributed by atoms with E-state index in [1.165, 1.54) is 0 Å². The van der Waals surface area contributed by atoms with E-state index in [2.05, 4.69) is 5.32 Å². The van der Waals surface area contributed by atoms with Crippen molar-refractivity contribution in [3.05, 3.63) is 24.3 Å². The van der Waals surface area contributed by atoms with Gasteiger partial charge in [-0.3, -0.25) is 4.79 Å². The van der Waals surface area contributed by atoms with Gasteiger partial charge < -0.3 is 20.5 Å². The van der Waals surface area contributed by atoms with Gasteiger partial charge in [0.2, 0.25) is 5.91 Å². The molecule has 1 saturated carbocycles. The van der Waals surface area contributed by atoms with Crippen LogP contribution in [0.25, 0.3) is 0 Å². The van der Waals surface area contributed by atoms with E-state index in [-0.39, 0.29) is 17.9 Å². The second-order valence-electron chi connectivity index (χ2n) is 5.88. The Bertz CT molecular complexity index is 475. The van der Waals surface area contributed by atoms with Crippen LogP contribution in [-0.2, 0) is 4.79 Å². The molecule has 122 valence electrons. The first-order valence-corrected chi connectivity index (χ1v) is 7.92. The zero-order valence-electron chi connectivity index (χ0n) is 13.4. The van der Waals surface area contributed by atoms with Crippen LogP contribution < -0.4 is 20.5 Å². The van der Waals surface area contributed by atoms with Gasteiger partial charge in [0.05, 0.1) is 13.7 Å². The third kappa shape index (κ3) is 4.37. The van der Waals surface area contributed by atoms with Crippen molar-refractivity contribution in [1.29, 1.82) is 0 Å². The molecule has 1 aromatic carbocycles. The molecule has 5 nitrogen and oxygen atoms in total. The summed E-state index contributed by atoms with van der Waals surface area (Å²) in [7, 11) is 1.63. The second kappa shape index (κ2) is 8.03. The van der Waals surface area contributed by atoms with E-state index in [9.17, 15) is 4.79 Å². The average molecular weight is 306 g/mol. The van der Waals surface area contributed by atoms with E-state index in [1.807, 2.05) is 31.2 Å². The molecule has 2 rings (SSSR count). The molecule has 22 heavy (non-hydrogen) atoms. The molecule has 0 aromatic heterocycles. The first-order valence-electron chi connectivity index (χ1n) is 7.92. The van der Waals surface area contributed by atoms with Crippen LogP contribution in [0.4, 0.5) is 0 Å². The van der Waals surface area contributed by atoms with Crippen LogP contribution in [0.5, 0.6) is 11.5 Å². The van der Waals surface area contributed by atoms with Gasteiger partial charge in [0.25, 0.3) is 0 Å². The number of benzene rings is 1. The predicted octanol–water partition coefficient (Wildman–Crippen LogP) is 1.95. The lowest BCUT2D eigenvalue weighted by Gasteiger charge is -2.20. The summed E-state index contributed by atoms with van der Waals surface area (Å²) in [5.41, 5.74) is 5.73. The molecular formula is C17H26N2O3. The molecule has 1 fully saturated rings. The molecule has 0 bridgehead atoms. The van der Waals surface area contributed by atoms with Crippen molar-refractivity contribution in [2.75, 3.05) is 20.2 Å². The highest BCUT2D eigenvalue weighted by atomic mass is 16.5. The molecule has 1 unspecified atom stereocenters. The first-order chi connectivity index (χ1) is 10.6. The largest absolute Gasteiger partial charge is 0.497 e. The fraction of sp³-hybridized carbons (Fsp3) is 0.588. The third-order valence-corrected chi connectivity index (χ3v) is 4.26. The third-order valence-electron chi connectivity index (χ3n) is 4.26. The maximum Gasteiger partial charge on any atom is 0.223 e. The summed E-state index contributed by atoms with van der Waals surface area (Å²) >= 11 is 0. The lowest BCUT2D eigenvalue weighted by atomic mass is 9.95. The molecule has 3 atom stereocenters. The van der Waals surface area contributed by atoms with Gasteiger partial charge in [0.15, 0.2) is 0 Å². The number of hydrogen-bond donors (Lipinski definition) is 2. The normalized spacial score (nSPS) is 22.1. The van der Waals surface area contributed by atoms with Crippen LogP contribution in [0.3, 0.4) is 0 Å². The van der Waals surface area contributed by atoms with Gasteiger partial charge in [0.1, 0.15) is 17.6 Å². The number of nitrogens with two attached hydrogens (primary N) is 1. The minimum Gasteiger partial charge on any atom is -0.497 e. The van der Waals surface area contributed by atoms with Crippen molar-refractivity contribution in [1.82, 2.24) is 5.32 Å². The standard InChI is InChI=1S/C17H26N2O3/c1-12(22-15-8-6-14(21-2)7-9-15)11-19-17(20)16-5-3-4-13(16)10-18/h6-9,12-13,16H,3-5,10-11,18H2,1-2H3,(H,19,20)/t12?,13-,16-/m1/s1. The number of carbonyl (C=O) groups excluding carboxylic acids is 1. The number of methoxy groups -OCH3 is 1. The van der Waals surface area contributed by atoms with Crippen molar-refractivity contribution in [2.24, 2.45) is 17.6 Å². The Morgan fingerprint density at radius 1 is 1.32 bits per heavy atom. The van der Waals surface area contributed by atoms with Gasteiger partial charge in [-0.25, -0.2) is 0 Å². The highest BCUT2D eigenvalue weighted by Gasteiger charge is 2.31. The zero-order valence-corrected chi connectivity index (χ0v) is 13.4. The van der Waals surface area contributed by atoms with Gasteiger partial charge in [-0.15, -0.1) is 0 Å². The molecule has 1 amide bonds. The molecule has 5 heteroatoms. The minimum atomic E-state index is -0.0879. The van der Waals surface area contributed by atoms with E-state index >= 15 is 0 Å². The van der Waals surface area contributed by atoms with E-state index in [0.717, 1.165) is 30.8 Å². The number of amides is 1. The van der Waals surface area contributed by atoms with Gasteiger partial charge in [-0.1, -0.05) is 6.42 Å². The molecule has 3 N–H and O–H groups in total. The van der Waals surface area contributed by atoms with Crippen molar-refractivity contribution >= 4 is 5.91 Å². The van der Waals surface area contributed by atoms with Gasteiger partial charge in [-0.2, -0.15) is 0 Å². The number of hydrogen-bond acceptors (Lipinski definition) is 4. The summed E-state index contributed by atoms with van der Waals surface area (Å²) in [6.07, 6.45) is 3.02. The maximum atomic E-state index is 12.2. The summed E-state index contributed by atoms with van der Waals surface area (Å²) in [6, 6.07) is 7.42. The lowest BCUT2D eigenvalue weighted by Crippen LogP contribution is -2.39. The Labute approximate surface area is 132 Å². The van der Waals surface area contributed by atoms with Crippen LogP contribution >= 0.6 is 0 Å². The van der Waals surface area contributed by atoms with Crippen LogP contribution in [0.1, 0.15) is 26.2 Å². The molecule has 1 aromatic rings. The monoisotopic (exact) mass is 306 g/mol. The topological polar surface area (TPSA) is 73.6 Å². The molecule has 1 aliphatic rings. The zero-order chi connectivity index (χ0) is 15.9. The van der Waals surface area contributed by atoms with E-state index in [0.29, 0.717) is 19.0 Å². The number of ether oxygens (including phenoxy) is 2. The summed E-state index contributed by atoms with van der Waals surface area (Å²) in [5, 5.41) is 2.99. The number of nitrogens with one attached hydrogen (secondary N) is 1. The Hall–Kier alpha value is -1.75. The second-order valence-corrected chi connectivity index (χ2v) is 5.88. The maximum absolute atomic E-state index is 12.2. The summed E-state index contributed by atoms with van der Waals surface area (Å²) < 4.78 is 10.9. The van der Waals surface area contributed by atoms with Crippen LogP contribution in [-0.4, -0.2) is 32.2 Å². The Balaban J connectivity index is 1.77. The molecular weight excluding hydrogens is 280 g/mol. The Morgan fingerprint density at radius 3 is 2.64 bits per heavy atom. The molecule has 0 aliphatic heterocycles.